The molecule has 11 heteroatoms. The van der Waals surface area contributed by atoms with E-state index in [9.17, 15) is 24.3 Å². The van der Waals surface area contributed by atoms with Crippen LogP contribution in [-0.4, -0.2) is 96.8 Å². The molecule has 1 aromatic heterocycles. The third-order valence-electron chi connectivity index (χ3n) is 5.70. The van der Waals surface area contributed by atoms with E-state index in [0.717, 1.165) is 12.8 Å². The predicted octanol–water partition coefficient (Wildman–Crippen LogP) is 0.714. The smallest absolute Gasteiger partial charge is 0.339 e. The van der Waals surface area contributed by atoms with Crippen LogP contribution in [0, 0.1) is 0 Å². The van der Waals surface area contributed by atoms with E-state index >= 15 is 0 Å². The Labute approximate surface area is 192 Å². The molecule has 1 heterocycles. The van der Waals surface area contributed by atoms with Crippen LogP contribution >= 0.6 is 0 Å². The van der Waals surface area contributed by atoms with E-state index in [-0.39, 0.29) is 38.3 Å². The first kappa shape index (κ1) is 26.2. The van der Waals surface area contributed by atoms with Crippen LogP contribution in [0.2, 0.25) is 0 Å². The van der Waals surface area contributed by atoms with E-state index in [0.29, 0.717) is 24.1 Å². The number of nitrogens with zero attached hydrogens (tertiary/aromatic N) is 3. The Balaban J connectivity index is 2.31. The summed E-state index contributed by atoms with van der Waals surface area (Å²) in [6.45, 7) is -0.245. The quantitative estimate of drug-likeness (QED) is 0.366. The summed E-state index contributed by atoms with van der Waals surface area (Å²) in [4.78, 5) is 55.1. The summed E-state index contributed by atoms with van der Waals surface area (Å²) in [5, 5.41) is 9.41. The summed E-state index contributed by atoms with van der Waals surface area (Å²) in [6.07, 6.45) is 4.55. The molecule has 2 rings (SSSR count). The second kappa shape index (κ2) is 12.9. The highest BCUT2D eigenvalue weighted by molar-refractivity contribution is 5.88. The van der Waals surface area contributed by atoms with Gasteiger partial charge >= 0.3 is 23.9 Å². The zero-order valence-corrected chi connectivity index (χ0v) is 19.2. The molecule has 33 heavy (non-hydrogen) atoms. The van der Waals surface area contributed by atoms with Crippen LogP contribution in [0.3, 0.4) is 0 Å². The van der Waals surface area contributed by atoms with Gasteiger partial charge in [-0.1, -0.05) is 12.8 Å². The minimum atomic E-state index is -1.05. The number of carbonyl (C=O) groups is 4. The van der Waals surface area contributed by atoms with Crippen molar-refractivity contribution in [3.05, 3.63) is 29.6 Å². The number of hydrogen-bond donors (Lipinski definition) is 1. The lowest BCUT2D eigenvalue weighted by molar-refractivity contribution is -0.148. The molecule has 182 valence electrons. The Morgan fingerprint density at radius 3 is 1.97 bits per heavy atom. The van der Waals surface area contributed by atoms with Gasteiger partial charge in [-0.15, -0.1) is 0 Å². The van der Waals surface area contributed by atoms with Crippen molar-refractivity contribution >= 4 is 23.9 Å². The lowest BCUT2D eigenvalue weighted by Crippen LogP contribution is -2.56. The van der Waals surface area contributed by atoms with E-state index in [4.69, 9.17) is 14.2 Å². The first-order valence-electron chi connectivity index (χ1n) is 10.7. The number of methoxy groups -OCH3 is 3. The second-order valence-electron chi connectivity index (χ2n) is 7.80. The SMILES string of the molecule is COC(=O)CN(CC(=O)O)C1CCCC[C@@H]1N(CC(=O)OC)Cc1ccc(C(=O)OC)cn1. The van der Waals surface area contributed by atoms with Gasteiger partial charge in [-0.05, 0) is 25.0 Å². The summed E-state index contributed by atoms with van der Waals surface area (Å²) < 4.78 is 14.3. The summed E-state index contributed by atoms with van der Waals surface area (Å²) in [5.74, 6) is -2.52. The average Bonchev–Trinajstić information content (AvgIpc) is 2.82. The topological polar surface area (TPSA) is 136 Å². The first-order valence-corrected chi connectivity index (χ1v) is 10.7. The minimum absolute atomic E-state index is 0.0305. The van der Waals surface area contributed by atoms with Gasteiger partial charge in [0.2, 0.25) is 0 Å². The molecule has 1 N–H and O–H groups in total. The zero-order chi connectivity index (χ0) is 24.4. The highest BCUT2D eigenvalue weighted by atomic mass is 16.5. The number of carboxylic acid groups (broad SMARTS) is 1. The molecule has 1 aliphatic carbocycles. The molecule has 0 radical (unpaired) electrons. The highest BCUT2D eigenvalue weighted by Crippen LogP contribution is 2.28. The number of carboxylic acids is 1. The number of carbonyl (C=O) groups excluding carboxylic acids is 3. The lowest BCUT2D eigenvalue weighted by Gasteiger charge is -2.44. The molecular weight excluding hydrogens is 434 g/mol. The molecule has 0 aromatic carbocycles. The fraction of sp³-hybridized carbons (Fsp3) is 0.591. The van der Waals surface area contributed by atoms with E-state index in [2.05, 4.69) is 4.98 Å². The molecule has 11 nitrogen and oxygen atoms in total. The standard InChI is InChI=1S/C22H31N3O8/c1-31-20(28)13-24(11-16-9-8-15(10-23-16)22(30)33-3)17-6-4-5-7-18(17)25(12-19(26)27)14-21(29)32-2/h8-10,17-18H,4-7,11-14H2,1-3H3,(H,26,27)/t17-,18?/m0/s1. The van der Waals surface area contributed by atoms with Crippen molar-refractivity contribution < 1.29 is 38.5 Å². The van der Waals surface area contributed by atoms with Crippen molar-refractivity contribution in [3.63, 3.8) is 0 Å². The monoisotopic (exact) mass is 465 g/mol. The minimum Gasteiger partial charge on any atom is -0.480 e. The van der Waals surface area contributed by atoms with Crippen molar-refractivity contribution in [2.24, 2.45) is 0 Å². The Kier molecular flexibility index (Phi) is 10.2. The summed E-state index contributed by atoms with van der Waals surface area (Å²) >= 11 is 0. The average molecular weight is 466 g/mol. The lowest BCUT2D eigenvalue weighted by atomic mass is 9.87. The van der Waals surface area contributed by atoms with Crippen LogP contribution in [0.4, 0.5) is 0 Å². The molecule has 1 unspecified atom stereocenters. The maximum Gasteiger partial charge on any atom is 0.339 e. The van der Waals surface area contributed by atoms with E-state index in [1.807, 2.05) is 4.90 Å². The summed E-state index contributed by atoms with van der Waals surface area (Å²) in [7, 11) is 3.85. The molecule has 1 aromatic rings. The molecule has 0 saturated heterocycles. The van der Waals surface area contributed by atoms with E-state index in [1.165, 1.54) is 27.5 Å². The predicted molar refractivity (Wildman–Crippen MR) is 115 cm³/mol. The Bertz CT molecular complexity index is 829. The molecule has 0 bridgehead atoms. The van der Waals surface area contributed by atoms with Crippen molar-refractivity contribution in [3.8, 4) is 0 Å². The molecule has 1 aliphatic rings. The Hall–Kier alpha value is -3.05. The fourth-order valence-corrected chi connectivity index (χ4v) is 4.12. The van der Waals surface area contributed by atoms with Gasteiger partial charge in [-0.3, -0.25) is 29.2 Å². The molecule has 1 saturated carbocycles. The van der Waals surface area contributed by atoms with Gasteiger partial charge in [0.15, 0.2) is 0 Å². The van der Waals surface area contributed by atoms with Gasteiger partial charge in [0, 0.05) is 24.8 Å². The molecular formula is C22H31N3O8. The van der Waals surface area contributed by atoms with Gasteiger partial charge in [-0.2, -0.15) is 0 Å². The van der Waals surface area contributed by atoms with Crippen LogP contribution in [-0.2, 0) is 35.1 Å². The van der Waals surface area contributed by atoms with Gasteiger partial charge in [-0.25, -0.2) is 4.79 Å². The van der Waals surface area contributed by atoms with Crippen LogP contribution in [0.1, 0.15) is 41.7 Å². The van der Waals surface area contributed by atoms with Crippen LogP contribution in [0.5, 0.6) is 0 Å². The fourth-order valence-electron chi connectivity index (χ4n) is 4.12. The van der Waals surface area contributed by atoms with Crippen LogP contribution in [0.25, 0.3) is 0 Å². The van der Waals surface area contributed by atoms with Crippen LogP contribution < -0.4 is 0 Å². The van der Waals surface area contributed by atoms with Crippen LogP contribution in [0.15, 0.2) is 18.3 Å². The largest absolute Gasteiger partial charge is 0.480 e. The first-order chi connectivity index (χ1) is 15.8. The van der Waals surface area contributed by atoms with E-state index < -0.39 is 23.9 Å². The van der Waals surface area contributed by atoms with Crippen molar-refractivity contribution in [2.45, 2.75) is 44.3 Å². The van der Waals surface area contributed by atoms with Gasteiger partial charge in [0.1, 0.15) is 0 Å². The maximum absolute atomic E-state index is 12.2. The van der Waals surface area contributed by atoms with Crippen molar-refractivity contribution in [1.29, 1.82) is 0 Å². The number of aromatic nitrogens is 1. The number of rotatable bonds is 11. The normalized spacial score (nSPS) is 18.1. The Morgan fingerprint density at radius 2 is 1.48 bits per heavy atom. The van der Waals surface area contributed by atoms with Crippen molar-refractivity contribution in [2.75, 3.05) is 41.0 Å². The number of hydrogen-bond acceptors (Lipinski definition) is 10. The van der Waals surface area contributed by atoms with E-state index in [1.54, 1.807) is 17.0 Å². The van der Waals surface area contributed by atoms with Gasteiger partial charge in [0.05, 0.1) is 52.2 Å². The van der Waals surface area contributed by atoms with Gasteiger partial charge in [0.25, 0.3) is 0 Å². The third kappa shape index (κ3) is 7.79. The third-order valence-corrected chi connectivity index (χ3v) is 5.70. The molecule has 2 atom stereocenters. The number of aliphatic carboxylic acids is 1. The molecule has 0 aliphatic heterocycles. The zero-order valence-electron chi connectivity index (χ0n) is 19.2. The Morgan fingerprint density at radius 1 is 0.909 bits per heavy atom. The molecule has 0 spiro atoms. The van der Waals surface area contributed by atoms with Gasteiger partial charge < -0.3 is 19.3 Å². The molecule has 0 amide bonds. The maximum atomic E-state index is 12.2. The second-order valence-corrected chi connectivity index (χ2v) is 7.80. The number of pyridine rings is 1. The highest BCUT2D eigenvalue weighted by Gasteiger charge is 2.37. The number of esters is 3. The van der Waals surface area contributed by atoms with Crippen molar-refractivity contribution in [1.82, 2.24) is 14.8 Å². The summed E-state index contributed by atoms with van der Waals surface area (Å²) in [6, 6.07) is 2.77. The number of ether oxygens (including phenoxy) is 3. The summed E-state index contributed by atoms with van der Waals surface area (Å²) in [5.41, 5.74) is 0.927. The molecule has 1 fully saturated rings.